The fourth-order valence-electron chi connectivity index (χ4n) is 6.44. The highest BCUT2D eigenvalue weighted by molar-refractivity contribution is 5.94. The summed E-state index contributed by atoms with van der Waals surface area (Å²) in [6.45, 7) is 6.92. The van der Waals surface area contributed by atoms with E-state index in [1.165, 1.54) is 0 Å². The molecule has 2 fully saturated rings. The molecular formula is C28H32N2O6. The normalized spacial score (nSPS) is 26.9. The van der Waals surface area contributed by atoms with Gasteiger partial charge in [0, 0.05) is 50.2 Å². The van der Waals surface area contributed by atoms with Crippen molar-refractivity contribution in [3.63, 3.8) is 0 Å². The first kappa shape index (κ1) is 23.6. The van der Waals surface area contributed by atoms with Crippen LogP contribution in [0.15, 0.2) is 30.3 Å². The molecule has 0 spiro atoms. The lowest BCUT2D eigenvalue weighted by atomic mass is 9.95. The molecule has 4 aliphatic heterocycles. The molecule has 6 rings (SSSR count). The molecule has 4 heterocycles. The van der Waals surface area contributed by atoms with Gasteiger partial charge in [-0.1, -0.05) is 18.2 Å². The van der Waals surface area contributed by atoms with Crippen LogP contribution in [0.5, 0.6) is 0 Å². The van der Waals surface area contributed by atoms with Crippen LogP contribution in [0.2, 0.25) is 0 Å². The Morgan fingerprint density at radius 3 is 2.39 bits per heavy atom. The summed E-state index contributed by atoms with van der Waals surface area (Å²) in [5.41, 5.74) is 5.65. The number of aliphatic hydroxyl groups excluding tert-OH is 2. The van der Waals surface area contributed by atoms with Crippen molar-refractivity contribution in [1.82, 2.24) is 9.80 Å². The molecule has 2 N–H and O–H groups in total. The van der Waals surface area contributed by atoms with Crippen molar-refractivity contribution in [2.45, 2.75) is 63.7 Å². The highest BCUT2D eigenvalue weighted by Crippen LogP contribution is 2.35. The van der Waals surface area contributed by atoms with Crippen LogP contribution in [0.4, 0.5) is 0 Å². The number of fused-ring (bicyclic) bond motifs is 4. The summed E-state index contributed by atoms with van der Waals surface area (Å²) in [6.07, 6.45) is 0.290. The Balaban J connectivity index is 1.07. The van der Waals surface area contributed by atoms with Crippen LogP contribution in [0, 0.1) is 6.92 Å². The van der Waals surface area contributed by atoms with Gasteiger partial charge in [0.05, 0.1) is 23.3 Å². The number of cyclic esters (lactones) is 2. The molecule has 4 aliphatic rings. The van der Waals surface area contributed by atoms with E-state index >= 15 is 0 Å². The van der Waals surface area contributed by atoms with Crippen LogP contribution in [0.25, 0.3) is 0 Å². The van der Waals surface area contributed by atoms with Crippen LogP contribution < -0.4 is 0 Å². The molecule has 1 unspecified atom stereocenters. The lowest BCUT2D eigenvalue weighted by Gasteiger charge is -2.36. The topological polar surface area (TPSA) is 99.5 Å². The Kier molecular flexibility index (Phi) is 5.87. The molecule has 8 nitrogen and oxygen atoms in total. The largest absolute Gasteiger partial charge is 0.459 e. The van der Waals surface area contributed by atoms with E-state index in [-0.39, 0.29) is 24.6 Å². The van der Waals surface area contributed by atoms with Crippen molar-refractivity contribution >= 4 is 11.9 Å². The van der Waals surface area contributed by atoms with Crippen LogP contribution in [0.1, 0.15) is 74.1 Å². The van der Waals surface area contributed by atoms with Gasteiger partial charge in [-0.3, -0.25) is 9.80 Å². The van der Waals surface area contributed by atoms with E-state index in [2.05, 4.69) is 9.80 Å². The van der Waals surface area contributed by atoms with E-state index in [4.69, 9.17) is 9.47 Å². The first-order valence-corrected chi connectivity index (χ1v) is 12.8. The van der Waals surface area contributed by atoms with E-state index < -0.39 is 12.2 Å². The monoisotopic (exact) mass is 492 g/mol. The molecule has 2 saturated heterocycles. The molecule has 8 heteroatoms. The van der Waals surface area contributed by atoms with Crippen molar-refractivity contribution in [3.05, 3.63) is 69.3 Å². The summed E-state index contributed by atoms with van der Waals surface area (Å²) in [7, 11) is 0. The van der Waals surface area contributed by atoms with Gasteiger partial charge in [0.15, 0.2) is 0 Å². The zero-order chi connectivity index (χ0) is 25.1. The van der Waals surface area contributed by atoms with Gasteiger partial charge in [-0.05, 0) is 54.7 Å². The van der Waals surface area contributed by atoms with Crippen molar-refractivity contribution < 1.29 is 29.3 Å². The number of benzene rings is 2. The van der Waals surface area contributed by atoms with E-state index in [9.17, 15) is 19.8 Å². The number of piperazine rings is 1. The fraction of sp³-hybridized carbons (Fsp3) is 0.500. The second-order valence-corrected chi connectivity index (χ2v) is 10.7. The minimum atomic E-state index is -0.631. The Morgan fingerprint density at radius 1 is 0.972 bits per heavy atom. The zero-order valence-electron chi connectivity index (χ0n) is 20.6. The number of aliphatic hydroxyl groups is 2. The second-order valence-electron chi connectivity index (χ2n) is 10.7. The Labute approximate surface area is 210 Å². The minimum absolute atomic E-state index is 0.149. The number of carbonyl (C=O) groups is 2. The van der Waals surface area contributed by atoms with Crippen molar-refractivity contribution in [1.29, 1.82) is 0 Å². The number of ether oxygens (including phenoxy) is 2. The lowest BCUT2D eigenvalue weighted by molar-refractivity contribution is 0.0299. The molecule has 2 bridgehead atoms. The number of esters is 2. The third kappa shape index (κ3) is 4.02. The predicted molar refractivity (Wildman–Crippen MR) is 131 cm³/mol. The highest BCUT2D eigenvalue weighted by atomic mass is 16.5. The smallest absolute Gasteiger partial charge is 0.338 e. The maximum absolute atomic E-state index is 12.1. The molecule has 0 aromatic heterocycles. The zero-order valence-corrected chi connectivity index (χ0v) is 20.6. The van der Waals surface area contributed by atoms with E-state index in [0.29, 0.717) is 42.7 Å². The number of carbonyl (C=O) groups excluding carboxylic acids is 2. The van der Waals surface area contributed by atoms with Crippen LogP contribution >= 0.6 is 0 Å². The third-order valence-electron chi connectivity index (χ3n) is 8.40. The number of rotatable bonds is 6. The predicted octanol–water partition coefficient (Wildman–Crippen LogP) is 2.29. The number of hydrogen-bond donors (Lipinski definition) is 2. The van der Waals surface area contributed by atoms with E-state index in [1.807, 2.05) is 32.0 Å². The first-order chi connectivity index (χ1) is 17.3. The lowest BCUT2D eigenvalue weighted by Crippen LogP contribution is -2.48. The average Bonchev–Trinajstić information content (AvgIpc) is 3.53. The molecule has 0 aliphatic carbocycles. The fourth-order valence-corrected chi connectivity index (χ4v) is 6.44. The molecule has 2 aromatic rings. The summed E-state index contributed by atoms with van der Waals surface area (Å²) in [6, 6.07) is 9.85. The van der Waals surface area contributed by atoms with E-state index in [1.54, 1.807) is 12.1 Å². The number of hydrogen-bond acceptors (Lipinski definition) is 8. The molecule has 0 radical (unpaired) electrons. The average molecular weight is 493 g/mol. The van der Waals surface area contributed by atoms with Gasteiger partial charge in [0.25, 0.3) is 0 Å². The quantitative estimate of drug-likeness (QED) is 0.593. The van der Waals surface area contributed by atoms with Gasteiger partial charge in [0.1, 0.15) is 12.7 Å². The van der Waals surface area contributed by atoms with Crippen LogP contribution in [0.3, 0.4) is 0 Å². The molecule has 0 saturated carbocycles. The maximum atomic E-state index is 12.1. The molecule has 2 aromatic carbocycles. The second kappa shape index (κ2) is 8.95. The van der Waals surface area contributed by atoms with Gasteiger partial charge in [-0.15, -0.1) is 0 Å². The summed E-state index contributed by atoms with van der Waals surface area (Å²) in [5, 5.41) is 22.0. The van der Waals surface area contributed by atoms with Gasteiger partial charge < -0.3 is 19.7 Å². The minimum Gasteiger partial charge on any atom is -0.459 e. The van der Waals surface area contributed by atoms with Gasteiger partial charge >= 0.3 is 11.9 Å². The van der Waals surface area contributed by atoms with E-state index in [0.717, 1.165) is 47.3 Å². The van der Waals surface area contributed by atoms with Gasteiger partial charge in [0.2, 0.25) is 0 Å². The number of likely N-dealkylation sites (tertiary alicyclic amines) is 2. The number of β-amino-alcohol motifs (C(OH)–C–C–N with tert-alkyl or cyclic N) is 2. The highest BCUT2D eigenvalue weighted by Gasteiger charge is 2.44. The van der Waals surface area contributed by atoms with Crippen LogP contribution in [-0.4, -0.2) is 76.3 Å². The Morgan fingerprint density at radius 2 is 1.67 bits per heavy atom. The standard InChI is InChI=1S/C28H32N2O6/c1-15-7-18-8-17(3-4-22(18)28(34)36-15)25(31)12-29-10-20-9-19(29)11-30(20)13-26(32)21-5-6-23-24(16(21)2)14-35-27(23)33/h3-6,8,15,19-20,25-26,31-32H,7,9-14H2,1-2H3/t15-,19+,20+,25?,26-/m0/s1. The van der Waals surface area contributed by atoms with Crippen molar-refractivity contribution in [2.24, 2.45) is 0 Å². The van der Waals surface area contributed by atoms with Crippen LogP contribution in [-0.2, 0) is 22.5 Å². The summed E-state index contributed by atoms with van der Waals surface area (Å²) in [4.78, 5) is 28.6. The summed E-state index contributed by atoms with van der Waals surface area (Å²) >= 11 is 0. The molecule has 0 amide bonds. The molecule has 190 valence electrons. The Bertz CT molecular complexity index is 1230. The summed E-state index contributed by atoms with van der Waals surface area (Å²) in [5.74, 6) is -0.582. The molecule has 36 heavy (non-hydrogen) atoms. The SMILES string of the molecule is Cc1c([C@@H](O)CN2C[C@H]3C[C@@H]2CN3CC(O)c2ccc3c(c2)C[C@H](C)OC3=O)ccc2c1COC2=O. The molecule has 5 atom stereocenters. The van der Waals surface area contributed by atoms with Gasteiger partial charge in [-0.2, -0.15) is 0 Å². The molecular weight excluding hydrogens is 460 g/mol. The number of nitrogens with zero attached hydrogens (tertiary/aromatic N) is 2. The third-order valence-corrected chi connectivity index (χ3v) is 8.40. The summed E-state index contributed by atoms with van der Waals surface area (Å²) < 4.78 is 10.4. The van der Waals surface area contributed by atoms with Crippen molar-refractivity contribution in [3.8, 4) is 0 Å². The first-order valence-electron chi connectivity index (χ1n) is 12.8. The van der Waals surface area contributed by atoms with Crippen molar-refractivity contribution in [2.75, 3.05) is 26.2 Å². The van der Waals surface area contributed by atoms with Gasteiger partial charge in [-0.25, -0.2) is 9.59 Å². The Hall–Kier alpha value is -2.78. The maximum Gasteiger partial charge on any atom is 0.338 e.